The van der Waals surface area contributed by atoms with Gasteiger partial charge in [-0.15, -0.1) is 10.2 Å². The Hall–Kier alpha value is -2.22. The maximum Gasteiger partial charge on any atom is 0.230 e. The van der Waals surface area contributed by atoms with Crippen LogP contribution in [0.15, 0.2) is 23.4 Å². The zero-order valence-electron chi connectivity index (χ0n) is 17.2. The van der Waals surface area contributed by atoms with Crippen molar-refractivity contribution in [2.75, 3.05) is 11.6 Å². The molecule has 0 saturated heterocycles. The van der Waals surface area contributed by atoms with Crippen LogP contribution in [-0.4, -0.2) is 32.6 Å². The molecule has 3 N–H and O–H groups in total. The molecule has 8 heteroatoms. The molecule has 0 radical (unpaired) electrons. The molecule has 0 aliphatic carbocycles. The van der Waals surface area contributed by atoms with Gasteiger partial charge in [0, 0.05) is 6.04 Å². The zero-order chi connectivity index (χ0) is 20.5. The number of benzene rings is 1. The lowest BCUT2D eigenvalue weighted by atomic mass is 10.1. The third kappa shape index (κ3) is 7.07. The number of ether oxygens (including phenoxy) is 1. The fourth-order valence-corrected chi connectivity index (χ4v) is 3.57. The van der Waals surface area contributed by atoms with Crippen LogP contribution < -0.4 is 15.9 Å². The van der Waals surface area contributed by atoms with E-state index >= 15 is 0 Å². The van der Waals surface area contributed by atoms with Crippen LogP contribution in [0.4, 0.5) is 0 Å². The van der Waals surface area contributed by atoms with Crippen molar-refractivity contribution in [1.29, 1.82) is 0 Å². The number of unbranched alkanes of at least 4 members (excludes halogenated alkanes) is 2. The predicted octanol–water partition coefficient (Wildman–Crippen LogP) is 3.36. The van der Waals surface area contributed by atoms with Gasteiger partial charge in [0.2, 0.25) is 11.1 Å². The van der Waals surface area contributed by atoms with E-state index in [4.69, 9.17) is 10.6 Å². The molecule has 0 saturated carbocycles. The van der Waals surface area contributed by atoms with E-state index < -0.39 is 0 Å². The molecule has 1 heterocycles. The van der Waals surface area contributed by atoms with E-state index in [9.17, 15) is 4.79 Å². The van der Waals surface area contributed by atoms with Crippen molar-refractivity contribution < 1.29 is 9.53 Å². The van der Waals surface area contributed by atoms with Crippen molar-refractivity contribution in [3.05, 3.63) is 35.2 Å². The summed E-state index contributed by atoms with van der Waals surface area (Å²) in [5.74, 6) is 7.57. The minimum atomic E-state index is -0.0231. The van der Waals surface area contributed by atoms with Crippen molar-refractivity contribution in [3.63, 3.8) is 0 Å². The molecular formula is C20H31N5O2S. The van der Waals surface area contributed by atoms with Crippen LogP contribution in [-0.2, 0) is 11.4 Å². The highest BCUT2D eigenvalue weighted by Gasteiger charge is 2.14. The van der Waals surface area contributed by atoms with Crippen LogP contribution in [0, 0.1) is 13.8 Å². The van der Waals surface area contributed by atoms with E-state index in [1.54, 1.807) is 0 Å². The summed E-state index contributed by atoms with van der Waals surface area (Å²) in [6.07, 6.45) is 4.50. The molecule has 28 heavy (non-hydrogen) atoms. The number of nitrogens with one attached hydrogen (secondary N) is 1. The molecule has 0 bridgehead atoms. The SMILES string of the molecule is CCCCCC(C)NC(=O)CSc1nnc(COc2cc(C)cc(C)c2)n1N. The number of amides is 1. The Kier molecular flexibility index (Phi) is 8.63. The Morgan fingerprint density at radius 1 is 1.25 bits per heavy atom. The largest absolute Gasteiger partial charge is 0.486 e. The van der Waals surface area contributed by atoms with Crippen LogP contribution in [0.1, 0.15) is 56.5 Å². The number of nitrogens with two attached hydrogens (primary N) is 1. The summed E-state index contributed by atoms with van der Waals surface area (Å²) < 4.78 is 7.16. The first-order valence-corrected chi connectivity index (χ1v) is 10.7. The number of rotatable bonds is 11. The molecule has 0 spiro atoms. The van der Waals surface area contributed by atoms with Gasteiger partial charge in [-0.1, -0.05) is 44.0 Å². The highest BCUT2D eigenvalue weighted by molar-refractivity contribution is 7.99. The van der Waals surface area contributed by atoms with Crippen molar-refractivity contribution in [1.82, 2.24) is 20.2 Å². The van der Waals surface area contributed by atoms with Crippen molar-refractivity contribution in [2.45, 2.75) is 71.2 Å². The summed E-state index contributed by atoms with van der Waals surface area (Å²) in [6.45, 7) is 8.47. The molecule has 0 aliphatic rings. The summed E-state index contributed by atoms with van der Waals surface area (Å²) in [5, 5.41) is 11.6. The zero-order valence-corrected chi connectivity index (χ0v) is 18.0. The Morgan fingerprint density at radius 3 is 2.64 bits per heavy atom. The topological polar surface area (TPSA) is 95.1 Å². The number of aryl methyl sites for hydroxylation is 2. The molecule has 2 rings (SSSR count). The first-order chi connectivity index (χ1) is 13.4. The lowest BCUT2D eigenvalue weighted by Gasteiger charge is -2.13. The van der Waals surface area contributed by atoms with Crippen molar-refractivity contribution in [2.24, 2.45) is 0 Å². The average Bonchev–Trinajstić information content (AvgIpc) is 2.97. The van der Waals surface area contributed by atoms with Crippen LogP contribution in [0.25, 0.3) is 0 Å². The molecule has 1 unspecified atom stereocenters. The molecule has 0 aliphatic heterocycles. The highest BCUT2D eigenvalue weighted by atomic mass is 32.2. The molecule has 0 fully saturated rings. The standard InChI is InChI=1S/C20H31N5O2S/c1-5-6-7-8-16(4)22-19(26)13-28-20-24-23-18(25(20)21)12-27-17-10-14(2)9-15(3)11-17/h9-11,16H,5-8,12-13,21H2,1-4H3,(H,22,26). The second kappa shape index (κ2) is 10.9. The van der Waals surface area contributed by atoms with E-state index in [2.05, 4.69) is 28.5 Å². The van der Waals surface area contributed by atoms with E-state index in [1.165, 1.54) is 29.3 Å². The fourth-order valence-electron chi connectivity index (χ4n) is 2.89. The van der Waals surface area contributed by atoms with E-state index in [0.29, 0.717) is 11.0 Å². The smallest absolute Gasteiger partial charge is 0.230 e. The summed E-state index contributed by atoms with van der Waals surface area (Å²) in [6, 6.07) is 6.19. The quantitative estimate of drug-likeness (QED) is 0.338. The van der Waals surface area contributed by atoms with Gasteiger partial charge in [0.1, 0.15) is 12.4 Å². The van der Waals surface area contributed by atoms with Crippen LogP contribution >= 0.6 is 11.8 Å². The lowest BCUT2D eigenvalue weighted by molar-refractivity contribution is -0.119. The third-order valence-electron chi connectivity index (χ3n) is 4.28. The van der Waals surface area contributed by atoms with Gasteiger partial charge in [-0.3, -0.25) is 4.79 Å². The molecule has 1 aromatic heterocycles. The molecule has 1 amide bonds. The second-order valence-electron chi connectivity index (χ2n) is 7.13. The number of aromatic nitrogens is 3. The van der Waals surface area contributed by atoms with E-state index in [0.717, 1.165) is 29.7 Å². The first-order valence-electron chi connectivity index (χ1n) is 9.71. The van der Waals surface area contributed by atoms with Gasteiger partial charge in [-0.25, -0.2) is 4.68 Å². The van der Waals surface area contributed by atoms with Gasteiger partial charge in [-0.05, 0) is 50.5 Å². The number of carbonyl (C=O) groups is 1. The van der Waals surface area contributed by atoms with Gasteiger partial charge in [0.15, 0.2) is 5.82 Å². The Bertz CT molecular complexity index is 758. The van der Waals surface area contributed by atoms with Gasteiger partial charge in [-0.2, -0.15) is 0 Å². The molecule has 7 nitrogen and oxygen atoms in total. The second-order valence-corrected chi connectivity index (χ2v) is 8.08. The summed E-state index contributed by atoms with van der Waals surface area (Å²) >= 11 is 1.27. The minimum absolute atomic E-state index is 0.0231. The molecule has 1 aromatic carbocycles. The number of nitrogen functional groups attached to an aromatic ring is 1. The number of hydrogen-bond acceptors (Lipinski definition) is 6. The Morgan fingerprint density at radius 2 is 1.96 bits per heavy atom. The number of carbonyl (C=O) groups excluding carboxylic acids is 1. The van der Waals surface area contributed by atoms with Crippen LogP contribution in [0.2, 0.25) is 0 Å². The van der Waals surface area contributed by atoms with E-state index in [-0.39, 0.29) is 24.3 Å². The maximum absolute atomic E-state index is 12.1. The first kappa shape index (κ1) is 22.1. The van der Waals surface area contributed by atoms with Crippen molar-refractivity contribution in [3.8, 4) is 5.75 Å². The maximum atomic E-state index is 12.1. The molecule has 2 aromatic rings. The normalized spacial score (nSPS) is 12.0. The van der Waals surface area contributed by atoms with Gasteiger partial charge in [0.25, 0.3) is 0 Å². The van der Waals surface area contributed by atoms with Gasteiger partial charge < -0.3 is 15.9 Å². The highest BCUT2D eigenvalue weighted by Crippen LogP contribution is 2.19. The summed E-state index contributed by atoms with van der Waals surface area (Å²) in [4.78, 5) is 12.1. The van der Waals surface area contributed by atoms with Gasteiger partial charge in [0.05, 0.1) is 5.75 Å². The van der Waals surface area contributed by atoms with Crippen LogP contribution in [0.5, 0.6) is 5.75 Å². The Labute approximate surface area is 171 Å². The molecule has 154 valence electrons. The van der Waals surface area contributed by atoms with Crippen molar-refractivity contribution >= 4 is 17.7 Å². The fraction of sp³-hybridized carbons (Fsp3) is 0.550. The van der Waals surface area contributed by atoms with E-state index in [1.807, 2.05) is 32.9 Å². The molecular weight excluding hydrogens is 374 g/mol. The third-order valence-corrected chi connectivity index (χ3v) is 5.22. The monoisotopic (exact) mass is 405 g/mol. The summed E-state index contributed by atoms with van der Waals surface area (Å²) in [5.41, 5.74) is 2.27. The Balaban J connectivity index is 1.81. The predicted molar refractivity (Wildman–Crippen MR) is 113 cm³/mol. The van der Waals surface area contributed by atoms with Gasteiger partial charge >= 0.3 is 0 Å². The lowest BCUT2D eigenvalue weighted by Crippen LogP contribution is -2.33. The minimum Gasteiger partial charge on any atom is -0.486 e. The average molecular weight is 406 g/mol. The summed E-state index contributed by atoms with van der Waals surface area (Å²) in [7, 11) is 0. The number of thioether (sulfide) groups is 1. The van der Waals surface area contributed by atoms with Crippen LogP contribution in [0.3, 0.4) is 0 Å². The number of nitrogens with zero attached hydrogens (tertiary/aromatic N) is 3. The number of hydrogen-bond donors (Lipinski definition) is 2. The molecule has 1 atom stereocenters.